The fraction of sp³-hybridized carbons (Fsp3) is 0.500. The van der Waals surface area contributed by atoms with E-state index < -0.39 is 0 Å². The van der Waals surface area contributed by atoms with Crippen molar-refractivity contribution in [2.75, 3.05) is 0 Å². The molecule has 0 aromatic carbocycles. The van der Waals surface area contributed by atoms with Gasteiger partial charge in [0.25, 0.3) is 0 Å². The fourth-order valence-electron chi connectivity index (χ4n) is 1.36. The van der Waals surface area contributed by atoms with Crippen LogP contribution >= 0.6 is 11.3 Å². The van der Waals surface area contributed by atoms with E-state index in [1.165, 1.54) is 12.0 Å². The smallest absolute Gasteiger partial charge is 0.315 e. The van der Waals surface area contributed by atoms with E-state index in [-0.39, 0.29) is 6.03 Å². The molecule has 14 heavy (non-hydrogen) atoms. The highest BCUT2D eigenvalue weighted by molar-refractivity contribution is 7.07. The van der Waals surface area contributed by atoms with Crippen LogP contribution in [0.15, 0.2) is 16.8 Å². The molecule has 1 aliphatic carbocycles. The van der Waals surface area contributed by atoms with Gasteiger partial charge in [0.05, 0.1) is 0 Å². The maximum atomic E-state index is 11.3. The number of thiophene rings is 1. The van der Waals surface area contributed by atoms with Crippen molar-refractivity contribution in [2.24, 2.45) is 0 Å². The van der Waals surface area contributed by atoms with Gasteiger partial charge >= 0.3 is 6.03 Å². The van der Waals surface area contributed by atoms with Crippen LogP contribution in [0.25, 0.3) is 0 Å². The van der Waals surface area contributed by atoms with Gasteiger partial charge < -0.3 is 10.6 Å². The Balaban J connectivity index is 1.67. The molecule has 0 atom stereocenters. The van der Waals surface area contributed by atoms with E-state index in [4.69, 9.17) is 0 Å². The minimum atomic E-state index is -0.0408. The van der Waals surface area contributed by atoms with E-state index >= 15 is 0 Å². The second-order valence-electron chi connectivity index (χ2n) is 3.59. The van der Waals surface area contributed by atoms with E-state index in [1.54, 1.807) is 11.3 Å². The minimum absolute atomic E-state index is 0.0408. The monoisotopic (exact) mass is 210 g/mol. The summed E-state index contributed by atoms with van der Waals surface area (Å²) in [5.41, 5.74) is 1.17. The quantitative estimate of drug-likeness (QED) is 0.788. The Labute approximate surface area is 87.5 Å². The lowest BCUT2D eigenvalue weighted by atomic mass is 9.93. The van der Waals surface area contributed by atoms with Crippen LogP contribution < -0.4 is 10.6 Å². The van der Waals surface area contributed by atoms with Gasteiger partial charge in [0.2, 0.25) is 0 Å². The van der Waals surface area contributed by atoms with Crippen LogP contribution in [0.2, 0.25) is 0 Å². The molecule has 2 rings (SSSR count). The highest BCUT2D eigenvalue weighted by Crippen LogP contribution is 2.17. The van der Waals surface area contributed by atoms with Crippen LogP contribution in [0.1, 0.15) is 24.8 Å². The summed E-state index contributed by atoms with van der Waals surface area (Å²) in [7, 11) is 0. The molecule has 0 aliphatic heterocycles. The van der Waals surface area contributed by atoms with Crippen LogP contribution in [-0.4, -0.2) is 12.1 Å². The summed E-state index contributed by atoms with van der Waals surface area (Å²) in [5.74, 6) is 0. The molecule has 1 aromatic rings. The van der Waals surface area contributed by atoms with Gasteiger partial charge in [0.1, 0.15) is 0 Å². The van der Waals surface area contributed by atoms with Crippen molar-refractivity contribution < 1.29 is 4.79 Å². The molecule has 2 amide bonds. The normalized spacial score (nSPS) is 16.0. The van der Waals surface area contributed by atoms with E-state index in [9.17, 15) is 4.79 Å². The van der Waals surface area contributed by atoms with E-state index in [0.29, 0.717) is 12.6 Å². The molecule has 1 saturated carbocycles. The molecule has 0 spiro atoms. The Morgan fingerprint density at radius 1 is 1.57 bits per heavy atom. The van der Waals surface area contributed by atoms with E-state index in [0.717, 1.165) is 12.8 Å². The van der Waals surface area contributed by atoms with Gasteiger partial charge in [-0.3, -0.25) is 0 Å². The third-order valence-corrected chi connectivity index (χ3v) is 3.21. The molecule has 1 heterocycles. The average molecular weight is 210 g/mol. The third-order valence-electron chi connectivity index (χ3n) is 2.47. The number of hydrogen-bond donors (Lipinski definition) is 2. The first-order chi connectivity index (χ1) is 6.84. The Hall–Kier alpha value is -1.03. The summed E-state index contributed by atoms with van der Waals surface area (Å²) in [4.78, 5) is 11.3. The number of rotatable bonds is 3. The zero-order chi connectivity index (χ0) is 9.80. The summed E-state index contributed by atoms with van der Waals surface area (Å²) >= 11 is 1.65. The third kappa shape index (κ3) is 2.48. The molecule has 76 valence electrons. The van der Waals surface area contributed by atoms with Crippen molar-refractivity contribution in [3.8, 4) is 0 Å². The van der Waals surface area contributed by atoms with Gasteiger partial charge in [-0.25, -0.2) is 4.79 Å². The number of amides is 2. The average Bonchev–Trinajstić information content (AvgIpc) is 2.60. The fourth-order valence-corrected chi connectivity index (χ4v) is 2.03. The molecule has 2 N–H and O–H groups in total. The molecule has 4 heteroatoms. The van der Waals surface area contributed by atoms with Crippen LogP contribution in [0.5, 0.6) is 0 Å². The molecular weight excluding hydrogens is 196 g/mol. The molecule has 3 nitrogen and oxygen atoms in total. The zero-order valence-corrected chi connectivity index (χ0v) is 8.77. The van der Waals surface area contributed by atoms with Gasteiger partial charge in [0, 0.05) is 12.6 Å². The van der Waals surface area contributed by atoms with Gasteiger partial charge in [-0.2, -0.15) is 11.3 Å². The second-order valence-corrected chi connectivity index (χ2v) is 4.37. The standard InChI is InChI=1S/C10H14N2OS/c13-10(12-9-2-1-3-9)11-6-8-4-5-14-7-8/h4-5,7,9H,1-3,6H2,(H2,11,12,13). The van der Waals surface area contributed by atoms with Gasteiger partial charge in [-0.05, 0) is 41.7 Å². The van der Waals surface area contributed by atoms with Crippen molar-refractivity contribution in [3.63, 3.8) is 0 Å². The maximum Gasteiger partial charge on any atom is 0.315 e. The Bertz CT molecular complexity index is 293. The summed E-state index contributed by atoms with van der Waals surface area (Å²) in [6.45, 7) is 0.627. The van der Waals surface area contributed by atoms with Crippen LogP contribution in [0.3, 0.4) is 0 Å². The minimum Gasteiger partial charge on any atom is -0.335 e. The number of urea groups is 1. The highest BCUT2D eigenvalue weighted by Gasteiger charge is 2.18. The predicted molar refractivity (Wildman–Crippen MR) is 57.3 cm³/mol. The van der Waals surface area contributed by atoms with Crippen molar-refractivity contribution >= 4 is 17.4 Å². The molecule has 0 saturated heterocycles. The molecule has 0 unspecified atom stereocenters. The largest absolute Gasteiger partial charge is 0.335 e. The molecule has 1 fully saturated rings. The molecular formula is C10H14N2OS. The number of nitrogens with one attached hydrogen (secondary N) is 2. The Morgan fingerprint density at radius 2 is 2.43 bits per heavy atom. The number of hydrogen-bond acceptors (Lipinski definition) is 2. The molecule has 0 bridgehead atoms. The first kappa shape index (κ1) is 9.52. The van der Waals surface area contributed by atoms with Crippen molar-refractivity contribution in [2.45, 2.75) is 31.8 Å². The summed E-state index contributed by atoms with van der Waals surface area (Å²) in [5, 5.41) is 9.83. The van der Waals surface area contributed by atoms with E-state index in [2.05, 4.69) is 10.6 Å². The van der Waals surface area contributed by atoms with Gasteiger partial charge in [-0.1, -0.05) is 0 Å². The van der Waals surface area contributed by atoms with E-state index in [1.807, 2.05) is 16.8 Å². The van der Waals surface area contributed by atoms with Gasteiger partial charge in [-0.15, -0.1) is 0 Å². The van der Waals surface area contributed by atoms with Crippen LogP contribution in [-0.2, 0) is 6.54 Å². The lowest BCUT2D eigenvalue weighted by molar-refractivity contribution is 0.228. The summed E-state index contributed by atoms with van der Waals surface area (Å²) in [6, 6.07) is 2.40. The Morgan fingerprint density at radius 3 is 3.00 bits per heavy atom. The topological polar surface area (TPSA) is 41.1 Å². The molecule has 1 aromatic heterocycles. The highest BCUT2D eigenvalue weighted by atomic mass is 32.1. The number of carbonyl (C=O) groups is 1. The van der Waals surface area contributed by atoms with Crippen LogP contribution in [0, 0.1) is 0 Å². The number of carbonyl (C=O) groups excluding carboxylic acids is 1. The lowest BCUT2D eigenvalue weighted by Gasteiger charge is -2.26. The first-order valence-electron chi connectivity index (χ1n) is 4.90. The first-order valence-corrected chi connectivity index (χ1v) is 5.84. The SMILES string of the molecule is O=C(NCc1ccsc1)NC1CCC1. The second kappa shape index (κ2) is 4.46. The predicted octanol–water partition coefficient (Wildman–Crippen LogP) is 2.10. The van der Waals surface area contributed by atoms with Crippen molar-refractivity contribution in [1.82, 2.24) is 10.6 Å². The van der Waals surface area contributed by atoms with Crippen molar-refractivity contribution in [3.05, 3.63) is 22.4 Å². The lowest BCUT2D eigenvalue weighted by Crippen LogP contribution is -2.44. The maximum absolute atomic E-state index is 11.3. The molecule has 1 aliphatic rings. The van der Waals surface area contributed by atoms with Crippen LogP contribution in [0.4, 0.5) is 4.79 Å². The Kier molecular flexibility index (Phi) is 3.03. The molecule has 0 radical (unpaired) electrons. The van der Waals surface area contributed by atoms with Crippen molar-refractivity contribution in [1.29, 1.82) is 0 Å². The van der Waals surface area contributed by atoms with Gasteiger partial charge in [0.15, 0.2) is 0 Å². The zero-order valence-electron chi connectivity index (χ0n) is 7.95. The summed E-state index contributed by atoms with van der Waals surface area (Å²) < 4.78 is 0. The summed E-state index contributed by atoms with van der Waals surface area (Å²) in [6.07, 6.45) is 3.51.